The molecule has 0 aliphatic heterocycles. The van der Waals surface area contributed by atoms with Gasteiger partial charge < -0.3 is 19.8 Å². The number of guanidine groups is 1. The van der Waals surface area contributed by atoms with Crippen molar-refractivity contribution >= 4 is 5.96 Å². The van der Waals surface area contributed by atoms with E-state index in [0.717, 1.165) is 56.4 Å². The van der Waals surface area contributed by atoms with Crippen LogP contribution in [0.15, 0.2) is 9.41 Å². The molecule has 0 atom stereocenters. The van der Waals surface area contributed by atoms with Gasteiger partial charge in [0.2, 0.25) is 5.89 Å². The Morgan fingerprint density at radius 1 is 1.20 bits per heavy atom. The van der Waals surface area contributed by atoms with Crippen LogP contribution in [0.5, 0.6) is 0 Å². The molecule has 0 saturated heterocycles. The summed E-state index contributed by atoms with van der Waals surface area (Å²) >= 11 is 0. The highest BCUT2D eigenvalue weighted by Gasteiger charge is 2.32. The van der Waals surface area contributed by atoms with Crippen molar-refractivity contribution in [2.75, 3.05) is 19.7 Å². The van der Waals surface area contributed by atoms with E-state index in [-0.39, 0.29) is 5.60 Å². The summed E-state index contributed by atoms with van der Waals surface area (Å²) in [6.07, 6.45) is 7.10. The summed E-state index contributed by atoms with van der Waals surface area (Å²) in [6.45, 7) is 11.0. The number of ether oxygens (including phenoxy) is 1. The SMILES string of the molecule is CCCOC1(CNC(=NCc2nc(C)c(C)o2)NCC)CCCCC1. The van der Waals surface area contributed by atoms with Crippen molar-refractivity contribution < 1.29 is 9.15 Å². The summed E-state index contributed by atoms with van der Waals surface area (Å²) in [6, 6.07) is 0. The predicted octanol–water partition coefficient (Wildman–Crippen LogP) is 3.48. The molecule has 1 aromatic heterocycles. The van der Waals surface area contributed by atoms with Crippen molar-refractivity contribution in [2.45, 2.75) is 78.4 Å². The summed E-state index contributed by atoms with van der Waals surface area (Å²) in [5, 5.41) is 6.78. The van der Waals surface area contributed by atoms with E-state index in [0.29, 0.717) is 12.4 Å². The second kappa shape index (κ2) is 9.80. The van der Waals surface area contributed by atoms with Gasteiger partial charge in [-0.15, -0.1) is 0 Å². The lowest BCUT2D eigenvalue weighted by atomic mass is 9.84. The molecule has 0 bridgehead atoms. The minimum Gasteiger partial charge on any atom is -0.444 e. The third-order valence-corrected chi connectivity index (χ3v) is 4.74. The Balaban J connectivity index is 1.97. The first-order valence-corrected chi connectivity index (χ1v) is 9.67. The van der Waals surface area contributed by atoms with E-state index in [1.807, 2.05) is 13.8 Å². The summed E-state index contributed by atoms with van der Waals surface area (Å²) in [7, 11) is 0. The number of hydrogen-bond donors (Lipinski definition) is 2. The molecule has 1 fully saturated rings. The maximum absolute atomic E-state index is 6.25. The number of oxazole rings is 1. The van der Waals surface area contributed by atoms with Crippen LogP contribution in [0.4, 0.5) is 0 Å². The van der Waals surface area contributed by atoms with Gasteiger partial charge in [0.05, 0.1) is 11.3 Å². The molecule has 0 radical (unpaired) electrons. The number of aryl methyl sites for hydroxylation is 2. The monoisotopic (exact) mass is 350 g/mol. The normalized spacial score (nSPS) is 17.5. The molecule has 142 valence electrons. The fourth-order valence-electron chi connectivity index (χ4n) is 3.23. The summed E-state index contributed by atoms with van der Waals surface area (Å²) in [5.74, 6) is 2.31. The van der Waals surface area contributed by atoms with Crippen molar-refractivity contribution in [1.82, 2.24) is 15.6 Å². The average molecular weight is 351 g/mol. The van der Waals surface area contributed by atoms with E-state index in [4.69, 9.17) is 9.15 Å². The zero-order valence-electron chi connectivity index (χ0n) is 16.3. The Bertz CT molecular complexity index is 528. The van der Waals surface area contributed by atoms with Crippen LogP contribution in [0.25, 0.3) is 0 Å². The van der Waals surface area contributed by atoms with Crippen molar-refractivity contribution in [2.24, 2.45) is 4.99 Å². The molecule has 0 aromatic carbocycles. The van der Waals surface area contributed by atoms with Crippen molar-refractivity contribution in [3.8, 4) is 0 Å². The number of aliphatic imine (C=N–C) groups is 1. The highest BCUT2D eigenvalue weighted by molar-refractivity contribution is 5.79. The van der Waals surface area contributed by atoms with Crippen molar-refractivity contribution in [3.63, 3.8) is 0 Å². The molecule has 1 aliphatic rings. The Hall–Kier alpha value is -1.56. The molecular formula is C19H34N4O2. The Morgan fingerprint density at radius 3 is 2.56 bits per heavy atom. The summed E-state index contributed by atoms with van der Waals surface area (Å²) in [5.41, 5.74) is 0.873. The fourth-order valence-corrected chi connectivity index (χ4v) is 3.23. The molecule has 2 rings (SSSR count). The van der Waals surface area contributed by atoms with E-state index in [1.165, 1.54) is 19.3 Å². The molecule has 2 N–H and O–H groups in total. The smallest absolute Gasteiger partial charge is 0.216 e. The van der Waals surface area contributed by atoms with Crippen LogP contribution in [0.1, 0.15) is 69.7 Å². The Morgan fingerprint density at radius 2 is 1.96 bits per heavy atom. The van der Waals surface area contributed by atoms with Gasteiger partial charge in [0, 0.05) is 19.7 Å². The van der Waals surface area contributed by atoms with Gasteiger partial charge in [0.25, 0.3) is 0 Å². The van der Waals surface area contributed by atoms with Crippen LogP contribution in [0.3, 0.4) is 0 Å². The van der Waals surface area contributed by atoms with Gasteiger partial charge in [0.15, 0.2) is 5.96 Å². The highest BCUT2D eigenvalue weighted by Crippen LogP contribution is 2.31. The standard InChI is InChI=1S/C19H34N4O2/c1-5-12-24-19(10-8-7-9-11-19)14-22-18(20-6-2)21-13-17-23-15(3)16(4)25-17/h5-14H2,1-4H3,(H2,20,21,22). The lowest BCUT2D eigenvalue weighted by molar-refractivity contribution is -0.0657. The van der Waals surface area contributed by atoms with Crippen LogP contribution < -0.4 is 10.6 Å². The molecule has 1 aliphatic carbocycles. The average Bonchev–Trinajstić information content (AvgIpc) is 2.94. The maximum Gasteiger partial charge on any atom is 0.216 e. The third-order valence-electron chi connectivity index (χ3n) is 4.74. The van der Waals surface area contributed by atoms with Gasteiger partial charge in [-0.2, -0.15) is 0 Å². The summed E-state index contributed by atoms with van der Waals surface area (Å²) < 4.78 is 11.9. The molecule has 1 aromatic rings. The van der Waals surface area contributed by atoms with E-state index >= 15 is 0 Å². The molecule has 25 heavy (non-hydrogen) atoms. The Labute approximate surface area is 151 Å². The number of nitrogens with zero attached hydrogens (tertiary/aromatic N) is 2. The lowest BCUT2D eigenvalue weighted by Crippen LogP contribution is -2.49. The number of rotatable bonds is 8. The zero-order valence-corrected chi connectivity index (χ0v) is 16.3. The second-order valence-corrected chi connectivity index (χ2v) is 6.89. The number of hydrogen-bond acceptors (Lipinski definition) is 4. The van der Waals surface area contributed by atoms with Crippen LogP contribution in [-0.4, -0.2) is 36.2 Å². The lowest BCUT2D eigenvalue weighted by Gasteiger charge is -2.37. The molecule has 0 amide bonds. The van der Waals surface area contributed by atoms with E-state index in [1.54, 1.807) is 0 Å². The minimum atomic E-state index is -0.0550. The van der Waals surface area contributed by atoms with Crippen molar-refractivity contribution in [1.29, 1.82) is 0 Å². The first-order valence-electron chi connectivity index (χ1n) is 9.67. The molecule has 0 unspecified atom stereocenters. The molecular weight excluding hydrogens is 316 g/mol. The fraction of sp³-hybridized carbons (Fsp3) is 0.789. The van der Waals surface area contributed by atoms with Gasteiger partial charge in [0.1, 0.15) is 12.3 Å². The Kier molecular flexibility index (Phi) is 7.75. The first kappa shape index (κ1) is 19.8. The molecule has 6 nitrogen and oxygen atoms in total. The predicted molar refractivity (Wildman–Crippen MR) is 101 cm³/mol. The summed E-state index contributed by atoms with van der Waals surface area (Å²) in [4.78, 5) is 9.01. The number of nitrogens with one attached hydrogen (secondary N) is 2. The minimum absolute atomic E-state index is 0.0550. The second-order valence-electron chi connectivity index (χ2n) is 6.89. The van der Waals surface area contributed by atoms with Crippen LogP contribution >= 0.6 is 0 Å². The van der Waals surface area contributed by atoms with Crippen LogP contribution in [-0.2, 0) is 11.3 Å². The van der Waals surface area contributed by atoms with Gasteiger partial charge >= 0.3 is 0 Å². The largest absolute Gasteiger partial charge is 0.444 e. The van der Waals surface area contributed by atoms with E-state index in [9.17, 15) is 0 Å². The van der Waals surface area contributed by atoms with Crippen LogP contribution in [0, 0.1) is 13.8 Å². The molecule has 0 spiro atoms. The maximum atomic E-state index is 6.25. The van der Waals surface area contributed by atoms with Gasteiger partial charge in [-0.05, 0) is 40.0 Å². The molecule has 6 heteroatoms. The molecule has 1 heterocycles. The third kappa shape index (κ3) is 6.03. The quantitative estimate of drug-likeness (QED) is 0.555. The topological polar surface area (TPSA) is 71.7 Å². The van der Waals surface area contributed by atoms with Crippen molar-refractivity contribution in [3.05, 3.63) is 17.3 Å². The number of aromatic nitrogens is 1. The van der Waals surface area contributed by atoms with Gasteiger partial charge in [-0.3, -0.25) is 0 Å². The van der Waals surface area contributed by atoms with Gasteiger partial charge in [-0.1, -0.05) is 26.2 Å². The van der Waals surface area contributed by atoms with E-state index in [2.05, 4.69) is 34.5 Å². The highest BCUT2D eigenvalue weighted by atomic mass is 16.5. The zero-order chi connectivity index (χ0) is 18.1. The molecule has 1 saturated carbocycles. The first-order chi connectivity index (χ1) is 12.1. The van der Waals surface area contributed by atoms with E-state index < -0.39 is 0 Å². The van der Waals surface area contributed by atoms with Gasteiger partial charge in [-0.25, -0.2) is 9.98 Å². The van der Waals surface area contributed by atoms with Crippen LogP contribution in [0.2, 0.25) is 0 Å².